The molecule has 1 heterocycles. The number of nitrogens with zero attached hydrogens (tertiary/aromatic N) is 2. The van der Waals surface area contributed by atoms with Crippen LogP contribution in [-0.4, -0.2) is 17.1 Å². The second kappa shape index (κ2) is 4.58. The van der Waals surface area contributed by atoms with E-state index in [1.54, 1.807) is 13.3 Å². The molecular formula is C14H14BrN3O. The summed E-state index contributed by atoms with van der Waals surface area (Å²) in [6.07, 6.45) is 3.69. The van der Waals surface area contributed by atoms with Crippen LogP contribution in [0.4, 0.5) is 0 Å². The standard InChI is InChI=1S/C14H14BrN3O/c1-19-12-3-2-9(8-10(12)15)11-4-7-17-13(18-11)14(16)5-6-14/h2-4,7-8H,5-6,16H2,1H3. The van der Waals surface area contributed by atoms with Gasteiger partial charge in [0.2, 0.25) is 0 Å². The molecule has 0 bridgehead atoms. The minimum atomic E-state index is -0.306. The summed E-state index contributed by atoms with van der Waals surface area (Å²) in [7, 11) is 1.65. The highest BCUT2D eigenvalue weighted by Crippen LogP contribution is 2.41. The number of hydrogen-bond donors (Lipinski definition) is 1. The zero-order valence-electron chi connectivity index (χ0n) is 10.6. The average Bonchev–Trinajstić information content (AvgIpc) is 3.18. The molecule has 1 aliphatic carbocycles. The molecule has 0 radical (unpaired) electrons. The van der Waals surface area contributed by atoms with E-state index in [-0.39, 0.29) is 5.54 Å². The fourth-order valence-electron chi connectivity index (χ4n) is 1.94. The Hall–Kier alpha value is -1.46. The van der Waals surface area contributed by atoms with E-state index in [0.29, 0.717) is 0 Å². The fraction of sp³-hybridized carbons (Fsp3) is 0.286. The summed E-state index contributed by atoms with van der Waals surface area (Å²) in [5.74, 6) is 1.53. The van der Waals surface area contributed by atoms with Crippen molar-refractivity contribution in [2.45, 2.75) is 18.4 Å². The van der Waals surface area contributed by atoms with Gasteiger partial charge in [0.05, 0.1) is 22.8 Å². The number of nitrogens with two attached hydrogens (primary N) is 1. The average molecular weight is 320 g/mol. The molecule has 98 valence electrons. The topological polar surface area (TPSA) is 61.0 Å². The monoisotopic (exact) mass is 319 g/mol. The van der Waals surface area contributed by atoms with Gasteiger partial charge in [0.15, 0.2) is 0 Å². The minimum Gasteiger partial charge on any atom is -0.496 e. The van der Waals surface area contributed by atoms with Crippen LogP contribution in [0.3, 0.4) is 0 Å². The summed E-state index contributed by atoms with van der Waals surface area (Å²) in [5, 5.41) is 0. The first-order valence-electron chi connectivity index (χ1n) is 6.09. The van der Waals surface area contributed by atoms with Gasteiger partial charge in [-0.3, -0.25) is 0 Å². The SMILES string of the molecule is COc1ccc(-c2ccnc(C3(N)CC3)n2)cc1Br. The van der Waals surface area contributed by atoms with Gasteiger partial charge < -0.3 is 10.5 Å². The van der Waals surface area contributed by atoms with Crippen LogP contribution in [0, 0.1) is 0 Å². The van der Waals surface area contributed by atoms with E-state index >= 15 is 0 Å². The third-order valence-corrected chi connectivity index (χ3v) is 3.96. The maximum atomic E-state index is 6.14. The minimum absolute atomic E-state index is 0.306. The largest absolute Gasteiger partial charge is 0.496 e. The van der Waals surface area contributed by atoms with Gasteiger partial charge in [-0.15, -0.1) is 0 Å². The number of ether oxygens (including phenoxy) is 1. The molecule has 3 rings (SSSR count). The smallest absolute Gasteiger partial charge is 0.148 e. The van der Waals surface area contributed by atoms with Crippen molar-refractivity contribution in [1.29, 1.82) is 0 Å². The van der Waals surface area contributed by atoms with Crippen LogP contribution >= 0.6 is 15.9 Å². The Kier molecular flexibility index (Phi) is 3.03. The van der Waals surface area contributed by atoms with Crippen LogP contribution in [0.25, 0.3) is 11.3 Å². The highest BCUT2D eigenvalue weighted by Gasteiger charge is 2.43. The summed E-state index contributed by atoms with van der Waals surface area (Å²) in [5.41, 5.74) is 7.72. The molecule has 0 saturated heterocycles. The molecule has 0 unspecified atom stereocenters. The maximum Gasteiger partial charge on any atom is 0.148 e. The molecule has 0 atom stereocenters. The zero-order chi connectivity index (χ0) is 13.5. The van der Waals surface area contributed by atoms with Crippen molar-refractivity contribution in [1.82, 2.24) is 9.97 Å². The molecule has 5 heteroatoms. The molecular weight excluding hydrogens is 306 g/mol. The van der Waals surface area contributed by atoms with Crippen molar-refractivity contribution in [2.75, 3.05) is 7.11 Å². The van der Waals surface area contributed by atoms with E-state index < -0.39 is 0 Å². The molecule has 2 aromatic rings. The van der Waals surface area contributed by atoms with Crippen molar-refractivity contribution in [2.24, 2.45) is 5.73 Å². The van der Waals surface area contributed by atoms with Gasteiger partial charge in [-0.25, -0.2) is 9.97 Å². The molecule has 0 amide bonds. The van der Waals surface area contributed by atoms with Gasteiger partial charge in [-0.1, -0.05) is 0 Å². The highest BCUT2D eigenvalue weighted by molar-refractivity contribution is 9.10. The predicted octanol–water partition coefficient (Wildman–Crippen LogP) is 2.86. The Morgan fingerprint density at radius 2 is 2.11 bits per heavy atom. The zero-order valence-corrected chi connectivity index (χ0v) is 12.1. The van der Waals surface area contributed by atoms with Crippen LogP contribution in [-0.2, 0) is 5.54 Å². The molecule has 1 saturated carbocycles. The van der Waals surface area contributed by atoms with E-state index in [4.69, 9.17) is 10.5 Å². The molecule has 0 spiro atoms. The predicted molar refractivity (Wildman–Crippen MR) is 76.8 cm³/mol. The van der Waals surface area contributed by atoms with Crippen molar-refractivity contribution in [3.63, 3.8) is 0 Å². The molecule has 1 aromatic heterocycles. The number of methoxy groups -OCH3 is 1. The molecule has 2 N–H and O–H groups in total. The van der Waals surface area contributed by atoms with Crippen molar-refractivity contribution in [3.05, 3.63) is 40.8 Å². The summed E-state index contributed by atoms with van der Waals surface area (Å²) in [6, 6.07) is 7.77. The third kappa shape index (κ3) is 2.35. The third-order valence-electron chi connectivity index (χ3n) is 3.34. The summed E-state index contributed by atoms with van der Waals surface area (Å²) in [4.78, 5) is 8.86. The van der Waals surface area contributed by atoms with Gasteiger partial charge in [-0.05, 0) is 53.0 Å². The summed E-state index contributed by atoms with van der Waals surface area (Å²) in [6.45, 7) is 0. The van der Waals surface area contributed by atoms with Crippen molar-refractivity contribution in [3.8, 4) is 17.0 Å². The summed E-state index contributed by atoms with van der Waals surface area (Å²) < 4.78 is 6.13. The number of rotatable bonds is 3. The van der Waals surface area contributed by atoms with E-state index in [1.807, 2.05) is 24.3 Å². The Morgan fingerprint density at radius 3 is 2.74 bits per heavy atom. The van der Waals surface area contributed by atoms with E-state index in [0.717, 1.165) is 40.1 Å². The lowest BCUT2D eigenvalue weighted by atomic mass is 10.1. The van der Waals surface area contributed by atoms with Crippen LogP contribution in [0.2, 0.25) is 0 Å². The molecule has 1 aliphatic rings. The lowest BCUT2D eigenvalue weighted by Gasteiger charge is -2.10. The van der Waals surface area contributed by atoms with Crippen LogP contribution in [0.1, 0.15) is 18.7 Å². The number of halogens is 1. The fourth-order valence-corrected chi connectivity index (χ4v) is 2.48. The van der Waals surface area contributed by atoms with Crippen molar-refractivity contribution < 1.29 is 4.74 Å². The number of hydrogen-bond acceptors (Lipinski definition) is 4. The first kappa shape index (κ1) is 12.6. The quantitative estimate of drug-likeness (QED) is 0.945. The Morgan fingerprint density at radius 1 is 1.32 bits per heavy atom. The highest BCUT2D eigenvalue weighted by atomic mass is 79.9. The van der Waals surface area contributed by atoms with E-state index in [2.05, 4.69) is 25.9 Å². The lowest BCUT2D eigenvalue weighted by molar-refractivity contribution is 0.412. The van der Waals surface area contributed by atoms with Gasteiger partial charge in [0.25, 0.3) is 0 Å². The van der Waals surface area contributed by atoms with Gasteiger partial charge >= 0.3 is 0 Å². The van der Waals surface area contributed by atoms with Crippen molar-refractivity contribution >= 4 is 15.9 Å². The molecule has 19 heavy (non-hydrogen) atoms. The van der Waals surface area contributed by atoms with E-state index in [9.17, 15) is 0 Å². The van der Waals surface area contributed by atoms with Gasteiger partial charge in [-0.2, -0.15) is 0 Å². The van der Waals surface area contributed by atoms with Crippen LogP contribution < -0.4 is 10.5 Å². The summed E-state index contributed by atoms with van der Waals surface area (Å²) >= 11 is 3.48. The first-order chi connectivity index (χ1) is 9.12. The second-order valence-electron chi connectivity index (χ2n) is 4.77. The number of aromatic nitrogens is 2. The lowest BCUT2D eigenvalue weighted by Crippen LogP contribution is -2.22. The first-order valence-corrected chi connectivity index (χ1v) is 6.88. The molecule has 1 aromatic carbocycles. The van der Waals surface area contributed by atoms with Gasteiger partial charge in [0.1, 0.15) is 11.6 Å². The van der Waals surface area contributed by atoms with E-state index in [1.165, 1.54) is 0 Å². The second-order valence-corrected chi connectivity index (χ2v) is 5.63. The molecule has 0 aliphatic heterocycles. The molecule has 4 nitrogen and oxygen atoms in total. The van der Waals surface area contributed by atoms with Crippen LogP contribution in [0.15, 0.2) is 34.9 Å². The Bertz CT molecular complexity index is 626. The molecule has 1 fully saturated rings. The number of benzene rings is 1. The van der Waals surface area contributed by atoms with Crippen LogP contribution in [0.5, 0.6) is 5.75 Å². The normalized spacial score (nSPS) is 16.2. The Labute approximate surface area is 120 Å². The Balaban J connectivity index is 2.00. The maximum absolute atomic E-state index is 6.14. The van der Waals surface area contributed by atoms with Gasteiger partial charge in [0, 0.05) is 11.8 Å².